The van der Waals surface area contributed by atoms with Crippen LogP contribution < -0.4 is 4.74 Å². The molecule has 2 saturated carbocycles. The Bertz CT molecular complexity index is 481. The van der Waals surface area contributed by atoms with Gasteiger partial charge in [0.2, 0.25) is 0 Å². The Morgan fingerprint density at radius 1 is 0.913 bits per heavy atom. The van der Waals surface area contributed by atoms with Crippen LogP contribution in [-0.2, 0) is 0 Å². The van der Waals surface area contributed by atoms with Gasteiger partial charge in [-0.15, -0.1) is 0 Å². The number of benzene rings is 1. The topological polar surface area (TPSA) is 52.9 Å². The van der Waals surface area contributed by atoms with E-state index < -0.39 is 6.10 Å². The minimum Gasteiger partial charge on any atom is -0.488 e. The predicted molar refractivity (Wildman–Crippen MR) is 90.5 cm³/mol. The summed E-state index contributed by atoms with van der Waals surface area (Å²) in [6.07, 6.45) is 6.12. The molecule has 0 aromatic heterocycles. The fraction of sp³-hybridized carbons (Fsp3) is 0.684. The fourth-order valence-corrected chi connectivity index (χ4v) is 4.18. The zero-order valence-electron chi connectivity index (χ0n) is 14.0. The van der Waals surface area contributed by atoms with Crippen molar-refractivity contribution in [2.45, 2.75) is 75.3 Å². The Morgan fingerprint density at radius 2 is 1.61 bits per heavy atom. The van der Waals surface area contributed by atoms with E-state index in [1.54, 1.807) is 0 Å². The summed E-state index contributed by atoms with van der Waals surface area (Å²) in [5, 5.41) is 21.1. The van der Waals surface area contributed by atoms with Crippen molar-refractivity contribution < 1.29 is 14.9 Å². The van der Waals surface area contributed by atoms with Gasteiger partial charge in [-0.3, -0.25) is 4.90 Å². The van der Waals surface area contributed by atoms with Crippen LogP contribution in [-0.4, -0.2) is 52.6 Å². The van der Waals surface area contributed by atoms with Crippen LogP contribution >= 0.6 is 0 Å². The quantitative estimate of drug-likeness (QED) is 0.896. The average molecular weight is 319 g/mol. The molecule has 0 heterocycles. The van der Waals surface area contributed by atoms with Gasteiger partial charge in [-0.05, 0) is 51.3 Å². The second kappa shape index (κ2) is 7.65. The molecular weight excluding hydrogens is 290 g/mol. The van der Waals surface area contributed by atoms with Gasteiger partial charge in [0.25, 0.3) is 0 Å². The Labute approximate surface area is 139 Å². The first-order valence-electron chi connectivity index (χ1n) is 8.96. The summed E-state index contributed by atoms with van der Waals surface area (Å²) in [6, 6.07) is 9.97. The molecule has 0 saturated heterocycles. The van der Waals surface area contributed by atoms with Crippen LogP contribution in [0.2, 0.25) is 0 Å². The number of nitrogens with zero attached hydrogens (tertiary/aromatic N) is 1. The van der Waals surface area contributed by atoms with E-state index in [-0.39, 0.29) is 24.3 Å². The van der Waals surface area contributed by atoms with Crippen molar-refractivity contribution in [3.05, 3.63) is 30.3 Å². The average Bonchev–Trinajstić information content (AvgIpc) is 2.58. The SMILES string of the molecule is CN([C@H]1CCC[C@@H](Oc2ccccc2)[C@@H]1O)[C@H]1CCCC[C@@H]1O. The summed E-state index contributed by atoms with van der Waals surface area (Å²) in [6.45, 7) is 0. The molecule has 128 valence electrons. The lowest BCUT2D eigenvalue weighted by Crippen LogP contribution is -2.57. The van der Waals surface area contributed by atoms with Crippen molar-refractivity contribution >= 4 is 0 Å². The Morgan fingerprint density at radius 3 is 2.35 bits per heavy atom. The number of ether oxygens (including phenoxy) is 1. The molecule has 0 amide bonds. The van der Waals surface area contributed by atoms with Gasteiger partial charge in [-0.25, -0.2) is 0 Å². The Kier molecular flexibility index (Phi) is 5.57. The number of aliphatic hydroxyl groups is 2. The highest BCUT2D eigenvalue weighted by atomic mass is 16.5. The third kappa shape index (κ3) is 3.87. The molecule has 2 aliphatic rings. The number of likely N-dealkylation sites (N-methyl/N-ethyl adjacent to an activating group) is 1. The maximum absolute atomic E-state index is 10.8. The first-order valence-corrected chi connectivity index (χ1v) is 8.96. The van der Waals surface area contributed by atoms with Crippen LogP contribution in [0.4, 0.5) is 0 Å². The summed E-state index contributed by atoms with van der Waals surface area (Å²) in [7, 11) is 2.05. The van der Waals surface area contributed by atoms with Crippen LogP contribution in [0, 0.1) is 0 Å². The third-order valence-corrected chi connectivity index (χ3v) is 5.53. The van der Waals surface area contributed by atoms with Crippen molar-refractivity contribution in [3.63, 3.8) is 0 Å². The van der Waals surface area contributed by atoms with Gasteiger partial charge in [-0.2, -0.15) is 0 Å². The maximum atomic E-state index is 10.8. The molecule has 4 heteroatoms. The number of rotatable bonds is 4. The van der Waals surface area contributed by atoms with Crippen LogP contribution in [0.5, 0.6) is 5.75 Å². The normalized spacial score (nSPS) is 35.2. The third-order valence-electron chi connectivity index (χ3n) is 5.53. The highest BCUT2D eigenvalue weighted by Gasteiger charge is 2.39. The highest BCUT2D eigenvalue weighted by molar-refractivity contribution is 5.21. The largest absolute Gasteiger partial charge is 0.488 e. The fourth-order valence-electron chi connectivity index (χ4n) is 4.18. The Balaban J connectivity index is 1.65. The molecule has 0 spiro atoms. The smallest absolute Gasteiger partial charge is 0.126 e. The monoisotopic (exact) mass is 319 g/mol. The lowest BCUT2D eigenvalue weighted by molar-refractivity contribution is -0.0781. The van der Waals surface area contributed by atoms with Crippen LogP contribution in [0.25, 0.3) is 0 Å². The van der Waals surface area contributed by atoms with Crippen LogP contribution in [0.15, 0.2) is 30.3 Å². The number of hydrogen-bond acceptors (Lipinski definition) is 4. The van der Waals surface area contributed by atoms with Crippen molar-refractivity contribution in [1.29, 1.82) is 0 Å². The van der Waals surface area contributed by atoms with Crippen molar-refractivity contribution in [1.82, 2.24) is 4.90 Å². The zero-order valence-corrected chi connectivity index (χ0v) is 14.0. The van der Waals surface area contributed by atoms with E-state index in [9.17, 15) is 10.2 Å². The molecular formula is C19H29NO3. The van der Waals surface area contributed by atoms with E-state index in [1.807, 2.05) is 30.3 Å². The van der Waals surface area contributed by atoms with Gasteiger partial charge in [0.15, 0.2) is 0 Å². The van der Waals surface area contributed by atoms with E-state index in [0.717, 1.165) is 44.3 Å². The van der Waals surface area contributed by atoms with Gasteiger partial charge >= 0.3 is 0 Å². The van der Waals surface area contributed by atoms with Crippen LogP contribution in [0.3, 0.4) is 0 Å². The first-order chi connectivity index (χ1) is 11.2. The lowest BCUT2D eigenvalue weighted by atomic mass is 9.85. The molecule has 0 unspecified atom stereocenters. The summed E-state index contributed by atoms with van der Waals surface area (Å²) in [4.78, 5) is 2.22. The van der Waals surface area contributed by atoms with Gasteiger partial charge in [0.05, 0.1) is 6.10 Å². The minimum atomic E-state index is -0.511. The molecule has 2 N–H and O–H groups in total. The second-order valence-electron chi connectivity index (χ2n) is 7.04. The van der Waals surface area contributed by atoms with Crippen LogP contribution in [0.1, 0.15) is 44.9 Å². The predicted octanol–water partition coefficient (Wildman–Crippen LogP) is 2.58. The molecule has 4 nitrogen and oxygen atoms in total. The molecule has 5 atom stereocenters. The van der Waals surface area contributed by atoms with Gasteiger partial charge in [-0.1, -0.05) is 31.0 Å². The molecule has 1 aromatic carbocycles. The van der Waals surface area contributed by atoms with Crippen molar-refractivity contribution in [3.8, 4) is 5.75 Å². The number of hydrogen-bond donors (Lipinski definition) is 2. The van der Waals surface area contributed by atoms with Gasteiger partial charge in [0, 0.05) is 12.1 Å². The standard InChI is InChI=1S/C19H29NO3/c1-20(15-10-5-6-12-17(15)21)16-11-7-13-18(19(16)22)23-14-8-3-2-4-9-14/h2-4,8-9,15-19,21-22H,5-7,10-13H2,1H3/t15-,16-,17-,18+,19+/m0/s1. The molecule has 3 rings (SSSR count). The molecule has 0 bridgehead atoms. The molecule has 1 aromatic rings. The summed E-state index contributed by atoms with van der Waals surface area (Å²) < 4.78 is 6.02. The molecule has 23 heavy (non-hydrogen) atoms. The zero-order chi connectivity index (χ0) is 16.2. The molecule has 0 radical (unpaired) electrons. The number of aliphatic hydroxyl groups excluding tert-OH is 2. The van der Waals surface area contributed by atoms with Gasteiger partial charge < -0.3 is 14.9 Å². The van der Waals surface area contributed by atoms with E-state index >= 15 is 0 Å². The lowest BCUT2D eigenvalue weighted by Gasteiger charge is -2.45. The minimum absolute atomic E-state index is 0.0650. The van der Waals surface area contributed by atoms with E-state index in [0.29, 0.717) is 0 Å². The van der Waals surface area contributed by atoms with Crippen molar-refractivity contribution in [2.75, 3.05) is 7.05 Å². The Hall–Kier alpha value is -1.10. The highest BCUT2D eigenvalue weighted by Crippen LogP contribution is 2.31. The summed E-state index contributed by atoms with van der Waals surface area (Å²) >= 11 is 0. The van der Waals surface area contributed by atoms with E-state index in [4.69, 9.17) is 4.74 Å². The van der Waals surface area contributed by atoms with Crippen molar-refractivity contribution in [2.24, 2.45) is 0 Å². The summed E-state index contributed by atoms with van der Waals surface area (Å²) in [5.41, 5.74) is 0. The van der Waals surface area contributed by atoms with Gasteiger partial charge in [0.1, 0.15) is 18.0 Å². The molecule has 2 fully saturated rings. The molecule has 2 aliphatic carbocycles. The first kappa shape index (κ1) is 16.7. The summed E-state index contributed by atoms with van der Waals surface area (Å²) in [5.74, 6) is 0.817. The molecule has 0 aliphatic heterocycles. The second-order valence-corrected chi connectivity index (χ2v) is 7.04. The van der Waals surface area contributed by atoms with E-state index in [1.165, 1.54) is 6.42 Å². The van der Waals surface area contributed by atoms with E-state index in [2.05, 4.69) is 11.9 Å². The number of para-hydroxylation sites is 1. The maximum Gasteiger partial charge on any atom is 0.126 e.